The summed E-state index contributed by atoms with van der Waals surface area (Å²) in [4.78, 5) is 11.0. The number of hydroxylamine groups is 1. The summed E-state index contributed by atoms with van der Waals surface area (Å²) < 4.78 is 5.48. The van der Waals surface area contributed by atoms with Crippen LogP contribution < -0.4 is 10.2 Å². The fraction of sp³-hybridized carbons (Fsp3) is 0.417. The Kier molecular flexibility index (Phi) is 5.80. The maximum absolute atomic E-state index is 11.0. The van der Waals surface area contributed by atoms with Crippen molar-refractivity contribution in [3.63, 3.8) is 0 Å². The lowest BCUT2D eigenvalue weighted by atomic mass is 10.1. The second-order valence-electron chi connectivity index (χ2n) is 3.67. The largest absolute Gasteiger partial charge is 0.494 e. The van der Waals surface area contributed by atoms with Crippen molar-refractivity contribution in [2.75, 3.05) is 6.61 Å². The molecule has 0 aliphatic heterocycles. The normalized spacial score (nSPS) is 10.1. The van der Waals surface area contributed by atoms with Crippen LogP contribution in [-0.4, -0.2) is 17.7 Å². The Labute approximate surface area is 105 Å². The Morgan fingerprint density at radius 3 is 2.88 bits per heavy atom. The number of carbonyl (C=O) groups excluding carboxylic acids is 1. The molecule has 0 saturated heterocycles. The third-order valence-corrected chi connectivity index (χ3v) is 2.62. The first kappa shape index (κ1) is 13.8. The first-order valence-electron chi connectivity index (χ1n) is 5.51. The van der Waals surface area contributed by atoms with Gasteiger partial charge in [-0.3, -0.25) is 10.0 Å². The van der Waals surface area contributed by atoms with E-state index in [0.717, 1.165) is 12.8 Å². The van der Waals surface area contributed by atoms with Crippen LogP contribution in [0.25, 0.3) is 0 Å². The standard InChI is InChI=1S/C12H16ClNO3/c1-2-3-6-17-10-5-4-9(11(13)8-10)7-12(15)14-16/h4-5,8,16H,2-3,6-7H2,1H3,(H,14,15). The molecule has 0 bridgehead atoms. The molecule has 0 saturated carbocycles. The third kappa shape index (κ3) is 4.63. The molecule has 5 heteroatoms. The molecule has 0 aromatic heterocycles. The lowest BCUT2D eigenvalue weighted by Gasteiger charge is -2.08. The van der Waals surface area contributed by atoms with E-state index < -0.39 is 5.91 Å². The summed E-state index contributed by atoms with van der Waals surface area (Å²) in [7, 11) is 0. The van der Waals surface area contributed by atoms with Crippen molar-refractivity contribution < 1.29 is 14.7 Å². The SMILES string of the molecule is CCCCOc1ccc(CC(=O)NO)c(Cl)c1. The van der Waals surface area contributed by atoms with Gasteiger partial charge in [0.2, 0.25) is 5.91 Å². The van der Waals surface area contributed by atoms with E-state index in [2.05, 4.69) is 6.92 Å². The fourth-order valence-corrected chi connectivity index (χ4v) is 1.55. The number of nitrogens with one attached hydrogen (secondary N) is 1. The highest BCUT2D eigenvalue weighted by Gasteiger charge is 2.07. The second-order valence-corrected chi connectivity index (χ2v) is 4.07. The number of hydrogen-bond donors (Lipinski definition) is 2. The van der Waals surface area contributed by atoms with Gasteiger partial charge in [-0.25, -0.2) is 5.48 Å². The first-order valence-corrected chi connectivity index (χ1v) is 5.89. The van der Waals surface area contributed by atoms with Crippen molar-refractivity contribution in [3.05, 3.63) is 28.8 Å². The number of rotatable bonds is 6. The van der Waals surface area contributed by atoms with Gasteiger partial charge in [0.25, 0.3) is 0 Å². The number of benzene rings is 1. The highest BCUT2D eigenvalue weighted by atomic mass is 35.5. The van der Waals surface area contributed by atoms with Crippen molar-refractivity contribution >= 4 is 17.5 Å². The minimum absolute atomic E-state index is 0.0462. The molecule has 0 aliphatic carbocycles. The van der Waals surface area contributed by atoms with E-state index in [0.29, 0.717) is 22.9 Å². The second kappa shape index (κ2) is 7.14. The number of amides is 1. The van der Waals surface area contributed by atoms with Crippen LogP contribution in [0.1, 0.15) is 25.3 Å². The van der Waals surface area contributed by atoms with Gasteiger partial charge >= 0.3 is 0 Å². The van der Waals surface area contributed by atoms with Crippen molar-refractivity contribution in [2.45, 2.75) is 26.2 Å². The molecule has 0 fully saturated rings. The summed E-state index contributed by atoms with van der Waals surface area (Å²) >= 11 is 6.00. The zero-order valence-corrected chi connectivity index (χ0v) is 10.5. The molecule has 0 spiro atoms. The molecular weight excluding hydrogens is 242 g/mol. The van der Waals surface area contributed by atoms with Gasteiger partial charge in [-0.2, -0.15) is 0 Å². The molecular formula is C12H16ClNO3. The molecule has 1 aromatic rings. The molecule has 0 unspecified atom stereocenters. The zero-order valence-electron chi connectivity index (χ0n) is 9.70. The molecule has 1 rings (SSSR count). The van der Waals surface area contributed by atoms with Gasteiger partial charge in [-0.15, -0.1) is 0 Å². The van der Waals surface area contributed by atoms with E-state index in [4.69, 9.17) is 21.5 Å². The number of halogens is 1. The Hall–Kier alpha value is -1.26. The summed E-state index contributed by atoms with van der Waals surface area (Å²) in [5.74, 6) is 0.197. The zero-order chi connectivity index (χ0) is 12.7. The molecule has 0 radical (unpaired) electrons. The van der Waals surface area contributed by atoms with Gasteiger partial charge in [0.1, 0.15) is 5.75 Å². The third-order valence-electron chi connectivity index (χ3n) is 2.27. The highest BCUT2D eigenvalue weighted by Crippen LogP contribution is 2.23. The Bertz CT molecular complexity index is 382. The Balaban J connectivity index is 2.62. The lowest BCUT2D eigenvalue weighted by molar-refractivity contribution is -0.128. The number of carbonyl (C=O) groups is 1. The smallest absolute Gasteiger partial charge is 0.247 e. The van der Waals surface area contributed by atoms with Gasteiger partial charge in [0.15, 0.2) is 0 Å². The van der Waals surface area contributed by atoms with Crippen LogP contribution in [0.3, 0.4) is 0 Å². The Morgan fingerprint density at radius 2 is 2.29 bits per heavy atom. The maximum atomic E-state index is 11.0. The molecule has 1 amide bonds. The molecule has 17 heavy (non-hydrogen) atoms. The molecule has 4 nitrogen and oxygen atoms in total. The monoisotopic (exact) mass is 257 g/mol. The molecule has 2 N–H and O–H groups in total. The van der Waals surface area contributed by atoms with Crippen molar-refractivity contribution in [1.82, 2.24) is 5.48 Å². The van der Waals surface area contributed by atoms with Gasteiger partial charge < -0.3 is 4.74 Å². The topological polar surface area (TPSA) is 58.6 Å². The molecule has 0 atom stereocenters. The van der Waals surface area contributed by atoms with Crippen LogP contribution in [0.15, 0.2) is 18.2 Å². The van der Waals surface area contributed by atoms with Gasteiger partial charge in [-0.1, -0.05) is 31.0 Å². The minimum atomic E-state index is -0.494. The highest BCUT2D eigenvalue weighted by molar-refractivity contribution is 6.31. The number of unbranched alkanes of at least 4 members (excludes halogenated alkanes) is 1. The van der Waals surface area contributed by atoms with E-state index in [1.807, 2.05) is 0 Å². The molecule has 0 aliphatic rings. The van der Waals surface area contributed by atoms with Crippen LogP contribution in [-0.2, 0) is 11.2 Å². The van der Waals surface area contributed by atoms with Gasteiger partial charge in [-0.05, 0) is 24.1 Å². The van der Waals surface area contributed by atoms with E-state index >= 15 is 0 Å². The van der Waals surface area contributed by atoms with Crippen molar-refractivity contribution in [3.8, 4) is 5.75 Å². The van der Waals surface area contributed by atoms with Crippen LogP contribution in [0, 0.1) is 0 Å². The summed E-state index contributed by atoms with van der Waals surface area (Å²) in [6.45, 7) is 2.75. The quantitative estimate of drug-likeness (QED) is 0.468. The van der Waals surface area contributed by atoms with Gasteiger partial charge in [0.05, 0.1) is 13.0 Å². The predicted octanol–water partition coefficient (Wildman–Crippen LogP) is 2.57. The molecule has 94 valence electrons. The molecule has 0 heterocycles. The molecule has 1 aromatic carbocycles. The summed E-state index contributed by atoms with van der Waals surface area (Å²) in [5.41, 5.74) is 2.22. The van der Waals surface area contributed by atoms with Crippen LogP contribution in [0.4, 0.5) is 0 Å². The number of hydrogen-bond acceptors (Lipinski definition) is 3. The van der Waals surface area contributed by atoms with Crippen LogP contribution >= 0.6 is 11.6 Å². The average Bonchev–Trinajstić information content (AvgIpc) is 2.32. The van der Waals surface area contributed by atoms with Gasteiger partial charge in [0, 0.05) is 5.02 Å². The van der Waals surface area contributed by atoms with Crippen LogP contribution in [0.5, 0.6) is 5.75 Å². The Morgan fingerprint density at radius 1 is 1.53 bits per heavy atom. The summed E-state index contributed by atoms with van der Waals surface area (Å²) in [6, 6.07) is 5.16. The van der Waals surface area contributed by atoms with E-state index in [1.165, 1.54) is 0 Å². The van der Waals surface area contributed by atoms with Crippen molar-refractivity contribution in [2.24, 2.45) is 0 Å². The summed E-state index contributed by atoms with van der Waals surface area (Å²) in [6.07, 6.45) is 2.11. The van der Waals surface area contributed by atoms with E-state index in [1.54, 1.807) is 23.7 Å². The predicted molar refractivity (Wildman–Crippen MR) is 65.5 cm³/mol. The fourth-order valence-electron chi connectivity index (χ4n) is 1.31. The lowest BCUT2D eigenvalue weighted by Crippen LogP contribution is -2.20. The van der Waals surface area contributed by atoms with Crippen molar-refractivity contribution in [1.29, 1.82) is 0 Å². The number of ether oxygens (including phenoxy) is 1. The average molecular weight is 258 g/mol. The maximum Gasteiger partial charge on any atom is 0.247 e. The van der Waals surface area contributed by atoms with E-state index in [-0.39, 0.29) is 6.42 Å². The first-order chi connectivity index (χ1) is 8.17. The van der Waals surface area contributed by atoms with E-state index in [9.17, 15) is 4.79 Å². The summed E-state index contributed by atoms with van der Waals surface area (Å²) in [5, 5.41) is 8.88. The van der Waals surface area contributed by atoms with Crippen LogP contribution in [0.2, 0.25) is 5.02 Å². The minimum Gasteiger partial charge on any atom is -0.494 e.